The summed E-state index contributed by atoms with van der Waals surface area (Å²) in [5.74, 6) is -0.161. The quantitative estimate of drug-likeness (QED) is 0.358. The number of carbonyl (C=O) groups excluding carboxylic acids is 1. The van der Waals surface area contributed by atoms with Gasteiger partial charge in [-0.3, -0.25) is 9.63 Å². The van der Waals surface area contributed by atoms with Crippen molar-refractivity contribution in [1.82, 2.24) is 5.06 Å². The van der Waals surface area contributed by atoms with Crippen LogP contribution in [-0.2, 0) is 9.63 Å². The number of hydrogen-bond acceptors (Lipinski definition) is 2. The second kappa shape index (κ2) is 5.77. The van der Waals surface area contributed by atoms with Crippen molar-refractivity contribution in [2.75, 3.05) is 13.7 Å². The van der Waals surface area contributed by atoms with Gasteiger partial charge in [-0.1, -0.05) is 19.9 Å². The molecule has 0 aliphatic heterocycles. The zero-order chi connectivity index (χ0) is 9.56. The van der Waals surface area contributed by atoms with E-state index in [-0.39, 0.29) is 5.91 Å². The van der Waals surface area contributed by atoms with Crippen molar-refractivity contribution in [2.45, 2.75) is 26.7 Å². The Labute approximate surface area is 74.0 Å². The van der Waals surface area contributed by atoms with Gasteiger partial charge in [0.1, 0.15) is 0 Å². The molecule has 0 aromatic heterocycles. The van der Waals surface area contributed by atoms with Crippen LogP contribution in [0.15, 0.2) is 12.2 Å². The van der Waals surface area contributed by atoms with E-state index in [9.17, 15) is 4.79 Å². The predicted molar refractivity (Wildman–Crippen MR) is 48.4 cm³/mol. The van der Waals surface area contributed by atoms with Crippen molar-refractivity contribution < 1.29 is 9.63 Å². The normalized spacial score (nSPS) is 9.58. The fourth-order valence-electron chi connectivity index (χ4n) is 0.673. The largest absolute Gasteiger partial charge is 0.272 e. The summed E-state index contributed by atoms with van der Waals surface area (Å²) in [4.78, 5) is 16.3. The minimum atomic E-state index is -0.161. The van der Waals surface area contributed by atoms with Gasteiger partial charge in [0, 0.05) is 12.6 Å². The lowest BCUT2D eigenvalue weighted by atomic mass is 10.3. The van der Waals surface area contributed by atoms with E-state index in [1.165, 1.54) is 5.06 Å². The number of rotatable bonds is 5. The van der Waals surface area contributed by atoms with Crippen molar-refractivity contribution in [1.29, 1.82) is 0 Å². The van der Waals surface area contributed by atoms with Crippen molar-refractivity contribution in [3.63, 3.8) is 0 Å². The molecule has 0 bridgehead atoms. The average molecular weight is 171 g/mol. The molecule has 0 aliphatic rings. The summed E-state index contributed by atoms with van der Waals surface area (Å²) >= 11 is 0. The highest BCUT2D eigenvalue weighted by Crippen LogP contribution is 1.98. The van der Waals surface area contributed by atoms with Gasteiger partial charge in [-0.25, -0.2) is 5.06 Å². The number of hydrogen-bond donors (Lipinski definition) is 0. The van der Waals surface area contributed by atoms with Crippen molar-refractivity contribution >= 4 is 5.91 Å². The first-order chi connectivity index (χ1) is 5.59. The molecule has 70 valence electrons. The molecule has 0 atom stereocenters. The van der Waals surface area contributed by atoms with E-state index in [1.807, 2.05) is 0 Å². The molecule has 0 rings (SSSR count). The highest BCUT2D eigenvalue weighted by molar-refractivity contribution is 5.91. The molecule has 0 N–H and O–H groups in total. The van der Waals surface area contributed by atoms with Crippen LogP contribution < -0.4 is 0 Å². The van der Waals surface area contributed by atoms with Gasteiger partial charge in [-0.05, 0) is 13.3 Å². The number of hydroxylamine groups is 2. The first kappa shape index (κ1) is 11.2. The van der Waals surface area contributed by atoms with Gasteiger partial charge in [0.05, 0.1) is 6.61 Å². The smallest absolute Gasteiger partial charge is 0.271 e. The third-order valence-electron chi connectivity index (χ3n) is 1.43. The SMILES string of the molecule is C=C(C)C(=O)N(C)OCCCC. The highest BCUT2D eigenvalue weighted by atomic mass is 16.7. The fraction of sp³-hybridized carbons (Fsp3) is 0.667. The van der Waals surface area contributed by atoms with Gasteiger partial charge < -0.3 is 0 Å². The maximum absolute atomic E-state index is 11.1. The molecule has 0 spiro atoms. The Balaban J connectivity index is 3.64. The minimum Gasteiger partial charge on any atom is -0.271 e. The van der Waals surface area contributed by atoms with Crippen LogP contribution in [0.2, 0.25) is 0 Å². The Bertz CT molecular complexity index is 166. The Hall–Kier alpha value is -0.830. The Morgan fingerprint density at radius 3 is 2.58 bits per heavy atom. The second-order valence-corrected chi connectivity index (χ2v) is 2.77. The molecular formula is C9H17NO2. The first-order valence-corrected chi connectivity index (χ1v) is 4.16. The van der Waals surface area contributed by atoms with E-state index in [4.69, 9.17) is 4.84 Å². The highest BCUT2D eigenvalue weighted by Gasteiger charge is 2.08. The van der Waals surface area contributed by atoms with Gasteiger partial charge in [0.25, 0.3) is 5.91 Å². The van der Waals surface area contributed by atoms with Crippen LogP contribution in [0.4, 0.5) is 0 Å². The molecule has 0 aromatic carbocycles. The van der Waals surface area contributed by atoms with Crippen LogP contribution in [0.5, 0.6) is 0 Å². The zero-order valence-corrected chi connectivity index (χ0v) is 8.09. The van der Waals surface area contributed by atoms with E-state index < -0.39 is 0 Å². The van der Waals surface area contributed by atoms with Crippen LogP contribution >= 0.6 is 0 Å². The maximum Gasteiger partial charge on any atom is 0.272 e. The summed E-state index contributed by atoms with van der Waals surface area (Å²) in [6, 6.07) is 0. The molecule has 3 nitrogen and oxygen atoms in total. The summed E-state index contributed by atoms with van der Waals surface area (Å²) in [5, 5.41) is 1.23. The molecule has 0 radical (unpaired) electrons. The standard InChI is InChI=1S/C9H17NO2/c1-5-6-7-12-10(4)9(11)8(2)3/h2,5-7H2,1,3-4H3. The summed E-state index contributed by atoms with van der Waals surface area (Å²) in [5.41, 5.74) is 0.494. The van der Waals surface area contributed by atoms with Crippen molar-refractivity contribution in [3.05, 3.63) is 12.2 Å². The van der Waals surface area contributed by atoms with Crippen LogP contribution in [0.3, 0.4) is 0 Å². The fourth-order valence-corrected chi connectivity index (χ4v) is 0.673. The molecule has 0 aromatic rings. The first-order valence-electron chi connectivity index (χ1n) is 4.16. The Morgan fingerprint density at radius 1 is 1.58 bits per heavy atom. The van der Waals surface area contributed by atoms with E-state index in [2.05, 4.69) is 13.5 Å². The second-order valence-electron chi connectivity index (χ2n) is 2.77. The van der Waals surface area contributed by atoms with E-state index in [0.717, 1.165) is 12.8 Å². The van der Waals surface area contributed by atoms with Gasteiger partial charge >= 0.3 is 0 Å². The molecule has 0 aliphatic carbocycles. The molecule has 0 saturated heterocycles. The summed E-state index contributed by atoms with van der Waals surface area (Å²) in [6.45, 7) is 7.86. The molecule has 1 amide bonds. The predicted octanol–water partition coefficient (Wildman–Crippen LogP) is 1.75. The summed E-state index contributed by atoms with van der Waals surface area (Å²) in [6.07, 6.45) is 2.03. The molecule has 0 saturated carbocycles. The third-order valence-corrected chi connectivity index (χ3v) is 1.43. The Morgan fingerprint density at radius 2 is 2.17 bits per heavy atom. The lowest BCUT2D eigenvalue weighted by Crippen LogP contribution is -2.27. The summed E-state index contributed by atoms with van der Waals surface area (Å²) < 4.78 is 0. The molecule has 12 heavy (non-hydrogen) atoms. The number of carbonyl (C=O) groups is 1. The summed E-state index contributed by atoms with van der Waals surface area (Å²) in [7, 11) is 1.60. The minimum absolute atomic E-state index is 0.161. The average Bonchev–Trinajstić information content (AvgIpc) is 2.03. The van der Waals surface area contributed by atoms with Gasteiger partial charge in [-0.15, -0.1) is 0 Å². The third kappa shape index (κ3) is 4.13. The molecule has 0 unspecified atom stereocenters. The number of unbranched alkanes of at least 4 members (excludes halogenated alkanes) is 1. The van der Waals surface area contributed by atoms with Crippen LogP contribution in [-0.4, -0.2) is 24.6 Å². The number of amides is 1. The molecule has 3 heteroatoms. The molecule has 0 heterocycles. The van der Waals surface area contributed by atoms with E-state index in [1.54, 1.807) is 14.0 Å². The maximum atomic E-state index is 11.1. The lowest BCUT2D eigenvalue weighted by Gasteiger charge is -2.15. The van der Waals surface area contributed by atoms with E-state index >= 15 is 0 Å². The molecular weight excluding hydrogens is 154 g/mol. The van der Waals surface area contributed by atoms with Crippen molar-refractivity contribution in [3.8, 4) is 0 Å². The monoisotopic (exact) mass is 171 g/mol. The van der Waals surface area contributed by atoms with Crippen LogP contribution in [0, 0.1) is 0 Å². The van der Waals surface area contributed by atoms with Gasteiger partial charge in [-0.2, -0.15) is 0 Å². The van der Waals surface area contributed by atoms with Gasteiger partial charge in [0.15, 0.2) is 0 Å². The van der Waals surface area contributed by atoms with Crippen molar-refractivity contribution in [2.24, 2.45) is 0 Å². The zero-order valence-electron chi connectivity index (χ0n) is 8.09. The van der Waals surface area contributed by atoms with Crippen LogP contribution in [0.25, 0.3) is 0 Å². The number of likely N-dealkylation sites (N-methyl/N-ethyl adjacent to an activating group) is 1. The van der Waals surface area contributed by atoms with Gasteiger partial charge in [0.2, 0.25) is 0 Å². The number of nitrogens with zero attached hydrogens (tertiary/aromatic N) is 1. The topological polar surface area (TPSA) is 29.5 Å². The Kier molecular flexibility index (Phi) is 5.37. The lowest BCUT2D eigenvalue weighted by molar-refractivity contribution is -0.173. The molecule has 0 fully saturated rings. The van der Waals surface area contributed by atoms with E-state index in [0.29, 0.717) is 12.2 Å². The van der Waals surface area contributed by atoms with Crippen LogP contribution in [0.1, 0.15) is 26.7 Å².